The minimum Gasteiger partial charge on any atom is -0.488 e. The SMILES string of the molecule is CCN(CC)S(=O)(=O)c1cc(C(=O)OCCOc2ccccc2Cl)ccc1C. The highest BCUT2D eigenvalue weighted by molar-refractivity contribution is 7.89. The number of aryl methyl sites for hydroxylation is 1. The van der Waals surface area contributed by atoms with Gasteiger partial charge in [-0.1, -0.05) is 43.6 Å². The van der Waals surface area contributed by atoms with Crippen LogP contribution in [0.25, 0.3) is 0 Å². The molecule has 0 fully saturated rings. The van der Waals surface area contributed by atoms with Crippen LogP contribution in [0.3, 0.4) is 0 Å². The summed E-state index contributed by atoms with van der Waals surface area (Å²) >= 11 is 5.99. The molecule has 2 aromatic rings. The topological polar surface area (TPSA) is 72.9 Å². The minimum atomic E-state index is -3.67. The Kier molecular flexibility index (Phi) is 7.86. The van der Waals surface area contributed by atoms with Crippen LogP contribution in [0.15, 0.2) is 47.4 Å². The molecule has 152 valence electrons. The van der Waals surface area contributed by atoms with Gasteiger partial charge < -0.3 is 9.47 Å². The van der Waals surface area contributed by atoms with Gasteiger partial charge in [-0.2, -0.15) is 4.31 Å². The van der Waals surface area contributed by atoms with Crippen LogP contribution in [-0.2, 0) is 14.8 Å². The lowest BCUT2D eigenvalue weighted by Gasteiger charge is -2.20. The van der Waals surface area contributed by atoms with Crippen LogP contribution >= 0.6 is 11.6 Å². The van der Waals surface area contributed by atoms with Gasteiger partial charge in [0.25, 0.3) is 0 Å². The Hall–Kier alpha value is -2.09. The average molecular weight is 426 g/mol. The van der Waals surface area contributed by atoms with Crippen LogP contribution in [0, 0.1) is 6.92 Å². The van der Waals surface area contributed by atoms with Crippen LogP contribution in [0.2, 0.25) is 5.02 Å². The average Bonchev–Trinajstić information content (AvgIpc) is 2.67. The lowest BCUT2D eigenvalue weighted by atomic mass is 10.1. The fraction of sp³-hybridized carbons (Fsp3) is 0.350. The summed E-state index contributed by atoms with van der Waals surface area (Å²) in [4.78, 5) is 12.4. The predicted octanol–water partition coefficient (Wildman–Crippen LogP) is 3.91. The summed E-state index contributed by atoms with van der Waals surface area (Å²) in [6.07, 6.45) is 0. The zero-order valence-electron chi connectivity index (χ0n) is 16.1. The Morgan fingerprint density at radius 1 is 1.07 bits per heavy atom. The summed E-state index contributed by atoms with van der Waals surface area (Å²) in [6, 6.07) is 11.5. The number of para-hydroxylation sites is 1. The number of carbonyl (C=O) groups excluding carboxylic acids is 1. The minimum absolute atomic E-state index is 0.00998. The molecular formula is C20H24ClNO5S. The summed E-state index contributed by atoms with van der Waals surface area (Å²) in [6.45, 7) is 6.09. The summed E-state index contributed by atoms with van der Waals surface area (Å²) in [7, 11) is -3.67. The van der Waals surface area contributed by atoms with Crippen molar-refractivity contribution in [3.63, 3.8) is 0 Å². The van der Waals surface area contributed by atoms with E-state index in [9.17, 15) is 13.2 Å². The van der Waals surface area contributed by atoms with Crippen molar-refractivity contribution in [2.24, 2.45) is 0 Å². The maximum absolute atomic E-state index is 12.8. The van der Waals surface area contributed by atoms with Gasteiger partial charge in [0.1, 0.15) is 19.0 Å². The molecule has 0 spiro atoms. The van der Waals surface area contributed by atoms with E-state index in [0.29, 0.717) is 29.4 Å². The zero-order valence-corrected chi connectivity index (χ0v) is 17.7. The number of ether oxygens (including phenoxy) is 2. The first-order valence-electron chi connectivity index (χ1n) is 8.96. The van der Waals surface area contributed by atoms with E-state index >= 15 is 0 Å². The number of nitrogens with zero attached hydrogens (tertiary/aromatic N) is 1. The first kappa shape index (κ1) is 22.2. The fourth-order valence-electron chi connectivity index (χ4n) is 2.64. The molecule has 0 heterocycles. The highest BCUT2D eigenvalue weighted by atomic mass is 35.5. The Morgan fingerprint density at radius 2 is 1.75 bits per heavy atom. The standard InChI is InChI=1S/C20H24ClNO5S/c1-4-22(5-2)28(24,25)19-14-16(11-10-15(19)3)20(23)27-13-12-26-18-9-7-6-8-17(18)21/h6-11,14H,4-5,12-13H2,1-3H3. The normalized spacial score (nSPS) is 11.5. The van der Waals surface area contributed by atoms with Gasteiger partial charge in [-0.05, 0) is 36.8 Å². The number of hydrogen-bond acceptors (Lipinski definition) is 5. The largest absolute Gasteiger partial charge is 0.488 e. The lowest BCUT2D eigenvalue weighted by Crippen LogP contribution is -2.31. The number of sulfonamides is 1. The third-order valence-corrected chi connectivity index (χ3v) is 6.66. The van der Waals surface area contributed by atoms with Crippen molar-refractivity contribution in [2.45, 2.75) is 25.7 Å². The van der Waals surface area contributed by atoms with Crippen molar-refractivity contribution in [3.8, 4) is 5.75 Å². The second-order valence-corrected chi connectivity index (χ2v) is 8.30. The quantitative estimate of drug-likeness (QED) is 0.449. The van der Waals surface area contributed by atoms with Crippen molar-refractivity contribution < 1.29 is 22.7 Å². The van der Waals surface area contributed by atoms with E-state index < -0.39 is 16.0 Å². The zero-order chi connectivity index (χ0) is 20.7. The van der Waals surface area contributed by atoms with Crippen molar-refractivity contribution in [2.75, 3.05) is 26.3 Å². The molecule has 2 rings (SSSR count). The van der Waals surface area contributed by atoms with E-state index in [1.54, 1.807) is 57.2 Å². The van der Waals surface area contributed by atoms with E-state index in [1.165, 1.54) is 10.4 Å². The van der Waals surface area contributed by atoms with E-state index in [4.69, 9.17) is 21.1 Å². The molecule has 0 saturated carbocycles. The van der Waals surface area contributed by atoms with Crippen molar-refractivity contribution in [1.82, 2.24) is 4.31 Å². The molecule has 0 unspecified atom stereocenters. The van der Waals surface area contributed by atoms with Crippen molar-refractivity contribution in [3.05, 3.63) is 58.6 Å². The summed E-state index contributed by atoms with van der Waals surface area (Å²) < 4.78 is 37.6. The maximum atomic E-state index is 12.8. The molecule has 0 aliphatic rings. The number of esters is 1. The molecule has 0 aliphatic heterocycles. The molecular weight excluding hydrogens is 402 g/mol. The van der Waals surface area contributed by atoms with Crippen molar-refractivity contribution in [1.29, 1.82) is 0 Å². The Labute approximate surface area is 171 Å². The molecule has 0 bridgehead atoms. The van der Waals surface area contributed by atoms with Gasteiger partial charge in [0, 0.05) is 13.1 Å². The van der Waals surface area contributed by atoms with Crippen LogP contribution in [0.1, 0.15) is 29.8 Å². The molecule has 0 N–H and O–H groups in total. The van der Waals surface area contributed by atoms with Gasteiger partial charge in [0.05, 0.1) is 15.5 Å². The molecule has 0 radical (unpaired) electrons. The Morgan fingerprint density at radius 3 is 2.39 bits per heavy atom. The van der Waals surface area contributed by atoms with Crippen molar-refractivity contribution >= 4 is 27.6 Å². The number of carbonyl (C=O) groups is 1. The van der Waals surface area contributed by atoms with Crippen LogP contribution in [0.4, 0.5) is 0 Å². The molecule has 0 aromatic heterocycles. The van der Waals surface area contributed by atoms with Gasteiger partial charge in [0.2, 0.25) is 10.0 Å². The molecule has 6 nitrogen and oxygen atoms in total. The molecule has 2 aromatic carbocycles. The molecule has 0 saturated heterocycles. The van der Waals surface area contributed by atoms with Crippen LogP contribution in [-0.4, -0.2) is 45.0 Å². The van der Waals surface area contributed by atoms with Crippen LogP contribution in [0.5, 0.6) is 5.75 Å². The highest BCUT2D eigenvalue weighted by Gasteiger charge is 2.25. The van der Waals surface area contributed by atoms with Gasteiger partial charge in [-0.15, -0.1) is 0 Å². The molecule has 28 heavy (non-hydrogen) atoms. The smallest absolute Gasteiger partial charge is 0.338 e. The van der Waals surface area contributed by atoms with Gasteiger partial charge in [0.15, 0.2) is 0 Å². The molecule has 0 aliphatic carbocycles. The lowest BCUT2D eigenvalue weighted by molar-refractivity contribution is 0.0450. The summed E-state index contributed by atoms with van der Waals surface area (Å²) in [5.74, 6) is -0.109. The monoisotopic (exact) mass is 425 g/mol. The van der Waals surface area contributed by atoms with E-state index in [0.717, 1.165) is 0 Å². The number of benzene rings is 2. The second-order valence-electron chi connectivity index (χ2n) is 5.98. The second kappa shape index (κ2) is 9.91. The van der Waals surface area contributed by atoms with E-state index in [1.807, 2.05) is 0 Å². The first-order valence-corrected chi connectivity index (χ1v) is 10.8. The van der Waals surface area contributed by atoms with Gasteiger partial charge in [-0.25, -0.2) is 13.2 Å². The third kappa shape index (κ3) is 5.25. The highest BCUT2D eigenvalue weighted by Crippen LogP contribution is 2.23. The fourth-order valence-corrected chi connectivity index (χ4v) is 4.54. The molecule has 0 atom stereocenters. The first-order chi connectivity index (χ1) is 13.3. The summed E-state index contributed by atoms with van der Waals surface area (Å²) in [5.41, 5.74) is 0.750. The van der Waals surface area contributed by atoms with Crippen LogP contribution < -0.4 is 4.74 Å². The van der Waals surface area contributed by atoms with E-state index in [2.05, 4.69) is 0 Å². The van der Waals surface area contributed by atoms with Gasteiger partial charge in [-0.3, -0.25) is 0 Å². The number of hydrogen-bond donors (Lipinski definition) is 0. The molecule has 8 heteroatoms. The Balaban J connectivity index is 2.05. The maximum Gasteiger partial charge on any atom is 0.338 e. The van der Waals surface area contributed by atoms with Gasteiger partial charge >= 0.3 is 5.97 Å². The number of halogens is 1. The number of rotatable bonds is 9. The Bertz CT molecular complexity index is 926. The molecule has 0 amide bonds. The third-order valence-electron chi connectivity index (χ3n) is 4.16. The summed E-state index contributed by atoms with van der Waals surface area (Å²) in [5, 5.41) is 0.471. The predicted molar refractivity (Wildman–Crippen MR) is 109 cm³/mol. The van der Waals surface area contributed by atoms with E-state index in [-0.39, 0.29) is 23.7 Å².